The lowest BCUT2D eigenvalue weighted by Crippen LogP contribution is -2.16. The summed E-state index contributed by atoms with van der Waals surface area (Å²) in [7, 11) is 1.96. The summed E-state index contributed by atoms with van der Waals surface area (Å²) in [5.41, 5.74) is 0. The van der Waals surface area contributed by atoms with Gasteiger partial charge < -0.3 is 10.1 Å². The molecule has 0 aliphatic heterocycles. The van der Waals surface area contributed by atoms with E-state index in [2.05, 4.69) is 12.2 Å². The van der Waals surface area contributed by atoms with Crippen molar-refractivity contribution in [3.05, 3.63) is 0 Å². The minimum Gasteiger partial charge on any atom is -0.379 e. The van der Waals surface area contributed by atoms with E-state index in [9.17, 15) is 0 Å². The van der Waals surface area contributed by atoms with E-state index in [-0.39, 0.29) is 1.43 Å². The van der Waals surface area contributed by atoms with Gasteiger partial charge in [-0.15, -0.1) is 0 Å². The molecule has 9 heavy (non-hydrogen) atoms. The molecule has 1 atom stereocenters. The van der Waals surface area contributed by atoms with Crippen LogP contribution in [0.4, 0.5) is 0 Å². The van der Waals surface area contributed by atoms with Crippen molar-refractivity contribution in [2.75, 3.05) is 20.2 Å². The molecule has 0 unspecified atom stereocenters. The summed E-state index contributed by atoms with van der Waals surface area (Å²) in [6, 6.07) is 0. The molecule has 0 fully saturated rings. The van der Waals surface area contributed by atoms with Crippen molar-refractivity contribution < 1.29 is 6.16 Å². The molecule has 0 heterocycles. The van der Waals surface area contributed by atoms with E-state index in [0.717, 1.165) is 19.6 Å². The third kappa shape index (κ3) is 5.80. The van der Waals surface area contributed by atoms with E-state index in [4.69, 9.17) is 4.74 Å². The Morgan fingerprint density at radius 1 is 1.67 bits per heavy atom. The van der Waals surface area contributed by atoms with Gasteiger partial charge in [0.25, 0.3) is 0 Å². The lowest BCUT2D eigenvalue weighted by molar-refractivity contribution is 0.0708. The van der Waals surface area contributed by atoms with Crippen molar-refractivity contribution in [2.45, 2.75) is 26.4 Å². The second-order valence-electron chi connectivity index (χ2n) is 2.16. The van der Waals surface area contributed by atoms with Crippen LogP contribution < -0.4 is 5.32 Å². The first kappa shape index (κ1) is 8.92. The predicted molar refractivity (Wildman–Crippen MR) is 41.7 cm³/mol. The SMILES string of the molecule is CCO[C@@H](C)CCNC.[HH]. The molecule has 0 rings (SSSR count). The van der Waals surface area contributed by atoms with Gasteiger partial charge in [0.1, 0.15) is 0 Å². The van der Waals surface area contributed by atoms with Crippen molar-refractivity contribution >= 4 is 0 Å². The molecule has 0 saturated carbocycles. The monoisotopic (exact) mass is 133 g/mol. The van der Waals surface area contributed by atoms with Crippen LogP contribution in [0.2, 0.25) is 0 Å². The molecule has 0 spiro atoms. The fourth-order valence-electron chi connectivity index (χ4n) is 0.715. The average Bonchev–Trinajstić information content (AvgIpc) is 1.85. The molecule has 2 heteroatoms. The molecule has 58 valence electrons. The molecule has 0 saturated heterocycles. The number of ether oxygens (including phenoxy) is 1. The van der Waals surface area contributed by atoms with Gasteiger partial charge in [-0.25, -0.2) is 0 Å². The molecule has 0 aromatic carbocycles. The first-order valence-electron chi connectivity index (χ1n) is 3.57. The predicted octanol–water partition coefficient (Wildman–Crippen LogP) is 1.27. The zero-order valence-corrected chi connectivity index (χ0v) is 6.61. The molecule has 0 bridgehead atoms. The molecule has 1 N–H and O–H groups in total. The molecule has 0 aromatic heterocycles. The van der Waals surface area contributed by atoms with Crippen LogP contribution in [0.1, 0.15) is 21.7 Å². The lowest BCUT2D eigenvalue weighted by Gasteiger charge is -2.09. The van der Waals surface area contributed by atoms with Gasteiger partial charge >= 0.3 is 0 Å². The summed E-state index contributed by atoms with van der Waals surface area (Å²) in [5, 5.41) is 3.08. The Morgan fingerprint density at radius 3 is 2.78 bits per heavy atom. The maximum absolute atomic E-state index is 5.30. The van der Waals surface area contributed by atoms with Crippen LogP contribution in [-0.4, -0.2) is 26.3 Å². The first-order valence-corrected chi connectivity index (χ1v) is 3.57. The minimum absolute atomic E-state index is 0. The molecule has 0 amide bonds. The summed E-state index contributed by atoms with van der Waals surface area (Å²) in [4.78, 5) is 0. The standard InChI is InChI=1S/C7H17NO.H2/c1-4-9-7(2)5-6-8-3;/h7-8H,4-6H2,1-3H3;1H/t7-;/m0./s1. The number of hydrogen-bond acceptors (Lipinski definition) is 2. The lowest BCUT2D eigenvalue weighted by atomic mass is 10.3. The van der Waals surface area contributed by atoms with E-state index in [1.54, 1.807) is 0 Å². The van der Waals surface area contributed by atoms with Crippen LogP contribution in [0.15, 0.2) is 0 Å². The maximum atomic E-state index is 5.30. The zero-order valence-electron chi connectivity index (χ0n) is 6.61. The Morgan fingerprint density at radius 2 is 2.33 bits per heavy atom. The van der Waals surface area contributed by atoms with Gasteiger partial charge in [-0.2, -0.15) is 0 Å². The zero-order chi connectivity index (χ0) is 7.11. The van der Waals surface area contributed by atoms with Gasteiger partial charge in [0.05, 0.1) is 6.10 Å². The van der Waals surface area contributed by atoms with E-state index in [1.807, 2.05) is 14.0 Å². The minimum atomic E-state index is 0. The second kappa shape index (κ2) is 6.05. The Hall–Kier alpha value is -0.0800. The fraction of sp³-hybridized carbons (Fsp3) is 1.00. The highest BCUT2D eigenvalue weighted by Gasteiger charge is 1.97. The quantitative estimate of drug-likeness (QED) is 0.609. The van der Waals surface area contributed by atoms with E-state index < -0.39 is 0 Å². The molecular weight excluding hydrogens is 114 g/mol. The maximum Gasteiger partial charge on any atom is 0.0558 e. The van der Waals surface area contributed by atoms with Crippen LogP contribution in [-0.2, 0) is 4.74 Å². The second-order valence-corrected chi connectivity index (χ2v) is 2.16. The van der Waals surface area contributed by atoms with Gasteiger partial charge in [0.2, 0.25) is 0 Å². The van der Waals surface area contributed by atoms with Crippen molar-refractivity contribution in [2.24, 2.45) is 0 Å². The van der Waals surface area contributed by atoms with E-state index in [0.29, 0.717) is 6.10 Å². The summed E-state index contributed by atoms with van der Waals surface area (Å²) >= 11 is 0. The highest BCUT2D eigenvalue weighted by Crippen LogP contribution is 1.93. The summed E-state index contributed by atoms with van der Waals surface area (Å²) in [6.45, 7) is 5.99. The summed E-state index contributed by atoms with van der Waals surface area (Å²) < 4.78 is 5.30. The topological polar surface area (TPSA) is 21.3 Å². The molecule has 0 aliphatic carbocycles. The molecule has 0 aromatic rings. The summed E-state index contributed by atoms with van der Waals surface area (Å²) in [5.74, 6) is 0. The molecule has 0 aliphatic rings. The number of rotatable bonds is 5. The van der Waals surface area contributed by atoms with Crippen molar-refractivity contribution in [3.63, 3.8) is 0 Å². The van der Waals surface area contributed by atoms with Crippen molar-refractivity contribution in [3.8, 4) is 0 Å². The van der Waals surface area contributed by atoms with E-state index in [1.165, 1.54) is 0 Å². The van der Waals surface area contributed by atoms with Gasteiger partial charge in [-0.05, 0) is 33.9 Å². The van der Waals surface area contributed by atoms with Crippen LogP contribution in [0.5, 0.6) is 0 Å². The van der Waals surface area contributed by atoms with Gasteiger partial charge in [-0.1, -0.05) is 0 Å². The van der Waals surface area contributed by atoms with Crippen molar-refractivity contribution in [1.29, 1.82) is 0 Å². The number of nitrogens with one attached hydrogen (secondary N) is 1. The van der Waals surface area contributed by atoms with Gasteiger partial charge in [0, 0.05) is 8.03 Å². The summed E-state index contributed by atoms with van der Waals surface area (Å²) in [6.07, 6.45) is 1.51. The molecular formula is C7H19NO. The highest BCUT2D eigenvalue weighted by atomic mass is 16.5. The Bertz CT molecular complexity index is 61.6. The van der Waals surface area contributed by atoms with Gasteiger partial charge in [-0.3, -0.25) is 0 Å². The van der Waals surface area contributed by atoms with Crippen LogP contribution in [0.3, 0.4) is 0 Å². The number of hydrogen-bond donors (Lipinski definition) is 1. The third-order valence-electron chi connectivity index (χ3n) is 1.25. The molecule has 2 nitrogen and oxygen atoms in total. The van der Waals surface area contributed by atoms with Crippen LogP contribution >= 0.6 is 0 Å². The average molecular weight is 133 g/mol. The van der Waals surface area contributed by atoms with Crippen LogP contribution in [0.25, 0.3) is 0 Å². The van der Waals surface area contributed by atoms with E-state index >= 15 is 0 Å². The van der Waals surface area contributed by atoms with Crippen molar-refractivity contribution in [1.82, 2.24) is 5.32 Å². The molecule has 0 radical (unpaired) electrons. The Balaban J connectivity index is 0. The van der Waals surface area contributed by atoms with Crippen LogP contribution in [0, 0.1) is 0 Å². The normalized spacial score (nSPS) is 13.7. The largest absolute Gasteiger partial charge is 0.379 e. The third-order valence-corrected chi connectivity index (χ3v) is 1.25. The van der Waals surface area contributed by atoms with Gasteiger partial charge in [0.15, 0.2) is 0 Å². The Labute approximate surface area is 59.1 Å². The Kier molecular flexibility index (Phi) is 5.99. The first-order chi connectivity index (χ1) is 4.31. The smallest absolute Gasteiger partial charge is 0.0558 e. The fourth-order valence-corrected chi connectivity index (χ4v) is 0.715. The highest BCUT2D eigenvalue weighted by molar-refractivity contribution is 4.50.